The van der Waals surface area contributed by atoms with Gasteiger partial charge in [-0.25, -0.2) is 8.42 Å². The van der Waals surface area contributed by atoms with Crippen molar-refractivity contribution in [3.8, 4) is 5.75 Å². The molecule has 0 aliphatic heterocycles. The number of ether oxygens (including phenoxy) is 2. The molecular weight excluding hydrogens is 366 g/mol. The van der Waals surface area contributed by atoms with Gasteiger partial charge < -0.3 is 9.47 Å². The van der Waals surface area contributed by atoms with Gasteiger partial charge in [0.2, 0.25) is 10.0 Å². The lowest BCUT2D eigenvalue weighted by Gasteiger charge is -2.09. The summed E-state index contributed by atoms with van der Waals surface area (Å²) < 4.78 is 36.6. The van der Waals surface area contributed by atoms with E-state index in [1.807, 2.05) is 6.92 Å². The molecule has 2 aromatic carbocycles. The largest absolute Gasteiger partial charge is 0.490 e. The topological polar surface area (TPSA) is 81.7 Å². The molecule has 6 nitrogen and oxygen atoms in total. The molecule has 0 spiro atoms. The van der Waals surface area contributed by atoms with Gasteiger partial charge in [-0.15, -0.1) is 0 Å². The molecule has 2 aromatic rings. The Morgan fingerprint density at radius 2 is 1.68 bits per heavy atom. The molecular formula is C17H18ClNO5S. The van der Waals surface area contributed by atoms with Crippen molar-refractivity contribution in [1.82, 2.24) is 4.72 Å². The molecule has 0 bridgehead atoms. The van der Waals surface area contributed by atoms with Gasteiger partial charge in [-0.05, 0) is 43.3 Å². The molecule has 0 heterocycles. The normalized spacial score (nSPS) is 11.1. The van der Waals surface area contributed by atoms with Crippen molar-refractivity contribution in [3.63, 3.8) is 0 Å². The summed E-state index contributed by atoms with van der Waals surface area (Å²) in [5, 5.41) is 0.597. The highest BCUT2D eigenvalue weighted by molar-refractivity contribution is 7.89. The van der Waals surface area contributed by atoms with Crippen LogP contribution in [0, 0.1) is 6.92 Å². The van der Waals surface area contributed by atoms with E-state index in [2.05, 4.69) is 4.72 Å². The van der Waals surface area contributed by atoms with Gasteiger partial charge in [-0.3, -0.25) is 4.79 Å². The summed E-state index contributed by atoms with van der Waals surface area (Å²) in [6, 6.07) is 13.1. The first-order chi connectivity index (χ1) is 11.9. The summed E-state index contributed by atoms with van der Waals surface area (Å²) in [7, 11) is -3.74. The van der Waals surface area contributed by atoms with E-state index in [1.54, 1.807) is 36.4 Å². The number of carbonyl (C=O) groups is 1. The molecule has 0 saturated heterocycles. The zero-order valence-electron chi connectivity index (χ0n) is 13.6. The first-order valence-corrected chi connectivity index (χ1v) is 9.33. The lowest BCUT2D eigenvalue weighted by molar-refractivity contribution is -0.142. The van der Waals surface area contributed by atoms with Crippen LogP contribution in [-0.4, -0.2) is 34.1 Å². The number of hydrogen-bond donors (Lipinski definition) is 1. The Bertz CT molecular complexity index is 804. The highest BCUT2D eigenvalue weighted by atomic mass is 35.5. The summed E-state index contributed by atoms with van der Waals surface area (Å²) in [4.78, 5) is 11.7. The maximum Gasteiger partial charge on any atom is 0.321 e. The zero-order valence-corrected chi connectivity index (χ0v) is 15.1. The minimum atomic E-state index is -3.74. The van der Waals surface area contributed by atoms with Crippen LogP contribution < -0.4 is 9.46 Å². The van der Waals surface area contributed by atoms with Crippen molar-refractivity contribution in [2.75, 3.05) is 19.8 Å². The second-order valence-corrected chi connectivity index (χ2v) is 7.36. The van der Waals surface area contributed by atoms with Gasteiger partial charge in [0.05, 0.1) is 4.90 Å². The minimum absolute atomic E-state index is 0.00766. The molecule has 0 fully saturated rings. The average Bonchev–Trinajstić information content (AvgIpc) is 2.59. The van der Waals surface area contributed by atoms with Gasteiger partial charge in [0.15, 0.2) is 0 Å². The third kappa shape index (κ3) is 6.38. The molecule has 134 valence electrons. The van der Waals surface area contributed by atoms with E-state index in [-0.39, 0.29) is 18.1 Å². The number of carbonyl (C=O) groups excluding carboxylic acids is 1. The van der Waals surface area contributed by atoms with Crippen LogP contribution >= 0.6 is 11.6 Å². The van der Waals surface area contributed by atoms with E-state index in [0.717, 1.165) is 5.56 Å². The van der Waals surface area contributed by atoms with Crippen LogP contribution in [-0.2, 0) is 19.6 Å². The summed E-state index contributed by atoms with van der Waals surface area (Å²) >= 11 is 5.76. The molecule has 0 saturated carbocycles. The monoisotopic (exact) mass is 383 g/mol. The molecule has 0 unspecified atom stereocenters. The summed E-state index contributed by atoms with van der Waals surface area (Å²) in [6.45, 7) is 1.57. The third-order valence-corrected chi connectivity index (χ3v) is 4.84. The van der Waals surface area contributed by atoms with Crippen molar-refractivity contribution >= 4 is 27.6 Å². The Balaban J connectivity index is 1.71. The fourth-order valence-corrected chi connectivity index (χ4v) is 2.95. The van der Waals surface area contributed by atoms with Crippen LogP contribution in [0.1, 0.15) is 5.56 Å². The van der Waals surface area contributed by atoms with Gasteiger partial charge >= 0.3 is 5.97 Å². The number of benzene rings is 2. The first kappa shape index (κ1) is 19.2. The Morgan fingerprint density at radius 1 is 1.04 bits per heavy atom. The smallest absolute Gasteiger partial charge is 0.321 e. The van der Waals surface area contributed by atoms with Gasteiger partial charge in [0, 0.05) is 5.02 Å². The molecule has 0 amide bonds. The fraction of sp³-hybridized carbons (Fsp3) is 0.235. The summed E-state index contributed by atoms with van der Waals surface area (Å²) in [5.41, 5.74) is 0.944. The fourth-order valence-electron chi connectivity index (χ4n) is 1.85. The summed E-state index contributed by atoms with van der Waals surface area (Å²) in [5.74, 6) is -0.0871. The van der Waals surface area contributed by atoms with Crippen molar-refractivity contribution in [2.45, 2.75) is 11.8 Å². The second-order valence-electron chi connectivity index (χ2n) is 5.16. The molecule has 8 heteroatoms. The van der Waals surface area contributed by atoms with Crippen LogP contribution in [0.2, 0.25) is 5.02 Å². The Morgan fingerprint density at radius 3 is 2.32 bits per heavy atom. The van der Waals surface area contributed by atoms with Crippen LogP contribution in [0.5, 0.6) is 5.75 Å². The summed E-state index contributed by atoms with van der Waals surface area (Å²) in [6.07, 6.45) is 0. The number of hydrogen-bond acceptors (Lipinski definition) is 5. The van der Waals surface area contributed by atoms with Gasteiger partial charge in [-0.1, -0.05) is 29.3 Å². The predicted octanol–water partition coefficient (Wildman–Crippen LogP) is 2.55. The quantitative estimate of drug-likeness (QED) is 0.559. The Labute approximate surface area is 151 Å². The molecule has 0 aliphatic carbocycles. The Hall–Kier alpha value is -2.09. The van der Waals surface area contributed by atoms with Crippen molar-refractivity contribution in [1.29, 1.82) is 0 Å². The number of halogens is 1. The van der Waals surface area contributed by atoms with Gasteiger partial charge in [0.1, 0.15) is 25.5 Å². The van der Waals surface area contributed by atoms with E-state index in [9.17, 15) is 13.2 Å². The molecule has 0 aliphatic rings. The van der Waals surface area contributed by atoms with E-state index in [4.69, 9.17) is 21.1 Å². The number of esters is 1. The van der Waals surface area contributed by atoms with Gasteiger partial charge in [-0.2, -0.15) is 4.72 Å². The number of sulfonamides is 1. The van der Waals surface area contributed by atoms with E-state index >= 15 is 0 Å². The van der Waals surface area contributed by atoms with Gasteiger partial charge in [0.25, 0.3) is 0 Å². The van der Waals surface area contributed by atoms with Crippen LogP contribution in [0.25, 0.3) is 0 Å². The average molecular weight is 384 g/mol. The molecule has 2 rings (SSSR count). The molecule has 0 radical (unpaired) electrons. The maximum absolute atomic E-state index is 12.0. The molecule has 0 atom stereocenters. The van der Waals surface area contributed by atoms with Crippen molar-refractivity contribution < 1.29 is 22.7 Å². The van der Waals surface area contributed by atoms with E-state index in [0.29, 0.717) is 10.8 Å². The van der Waals surface area contributed by atoms with Crippen LogP contribution in [0.15, 0.2) is 53.4 Å². The zero-order chi connectivity index (χ0) is 18.3. The highest BCUT2D eigenvalue weighted by Gasteiger charge is 2.15. The van der Waals surface area contributed by atoms with Crippen LogP contribution in [0.4, 0.5) is 0 Å². The predicted molar refractivity (Wildman–Crippen MR) is 94.3 cm³/mol. The standard InChI is InChI=1S/C17H18ClNO5S/c1-13-2-8-16(9-3-13)25(21,22)19-12-17(20)24-11-10-23-15-6-4-14(18)5-7-15/h2-9,19H,10-12H2,1H3. The second kappa shape index (κ2) is 8.84. The number of rotatable bonds is 8. The number of nitrogens with one attached hydrogen (secondary N) is 1. The first-order valence-electron chi connectivity index (χ1n) is 7.47. The van der Waals surface area contributed by atoms with Crippen LogP contribution in [0.3, 0.4) is 0 Å². The van der Waals surface area contributed by atoms with Crippen molar-refractivity contribution in [3.05, 3.63) is 59.1 Å². The molecule has 1 N–H and O–H groups in total. The lowest BCUT2D eigenvalue weighted by atomic mass is 10.2. The SMILES string of the molecule is Cc1ccc(S(=O)(=O)NCC(=O)OCCOc2ccc(Cl)cc2)cc1. The maximum atomic E-state index is 12.0. The van der Waals surface area contributed by atoms with E-state index < -0.39 is 22.5 Å². The van der Waals surface area contributed by atoms with Crippen molar-refractivity contribution in [2.24, 2.45) is 0 Å². The Kier molecular flexibility index (Phi) is 6.81. The lowest BCUT2D eigenvalue weighted by Crippen LogP contribution is -2.31. The molecule has 25 heavy (non-hydrogen) atoms. The third-order valence-electron chi connectivity index (χ3n) is 3.17. The molecule has 0 aromatic heterocycles. The minimum Gasteiger partial charge on any atom is -0.490 e. The number of aryl methyl sites for hydroxylation is 1. The van der Waals surface area contributed by atoms with E-state index in [1.165, 1.54) is 12.1 Å². The highest BCUT2D eigenvalue weighted by Crippen LogP contribution is 2.15.